The van der Waals surface area contributed by atoms with Gasteiger partial charge >= 0.3 is 0 Å². The van der Waals surface area contributed by atoms with Crippen molar-refractivity contribution in [3.05, 3.63) is 53.6 Å². The van der Waals surface area contributed by atoms with Gasteiger partial charge in [-0.15, -0.1) is 0 Å². The Hall–Kier alpha value is -2.91. The number of amides is 2. The number of hydrogen-bond acceptors (Lipinski definition) is 5. The van der Waals surface area contributed by atoms with Crippen molar-refractivity contribution < 1.29 is 22.7 Å². The molecule has 2 heterocycles. The van der Waals surface area contributed by atoms with Crippen molar-refractivity contribution in [2.24, 2.45) is 0 Å². The van der Waals surface area contributed by atoms with E-state index < -0.39 is 10.0 Å². The van der Waals surface area contributed by atoms with Crippen molar-refractivity contribution in [3.63, 3.8) is 0 Å². The van der Waals surface area contributed by atoms with E-state index in [1.807, 2.05) is 6.07 Å². The summed E-state index contributed by atoms with van der Waals surface area (Å²) >= 11 is 0. The average Bonchev–Trinajstić information content (AvgIpc) is 2.73. The number of piperazine rings is 1. The smallest absolute Gasteiger partial charge is 0.262 e. The number of sulfonamides is 1. The van der Waals surface area contributed by atoms with Crippen molar-refractivity contribution in [2.75, 3.05) is 38.1 Å². The third-order valence-electron chi connectivity index (χ3n) is 5.07. The van der Waals surface area contributed by atoms with Crippen LogP contribution in [0, 0.1) is 6.92 Å². The second kappa shape index (κ2) is 7.49. The SMILES string of the molecule is Cc1cc2c(cc1S(=O)(=O)N1CCN(C(=O)c3ccccc3)CC1)OCC(=O)N2. The lowest BCUT2D eigenvalue weighted by Crippen LogP contribution is -2.50. The van der Waals surface area contributed by atoms with E-state index in [0.29, 0.717) is 35.7 Å². The normalized spacial score (nSPS) is 17.3. The minimum Gasteiger partial charge on any atom is -0.482 e. The number of carbonyl (C=O) groups excluding carboxylic acids is 2. The molecule has 9 heteroatoms. The number of aryl methyl sites for hydroxylation is 1. The number of anilines is 1. The number of ether oxygens (including phenoxy) is 1. The van der Waals surface area contributed by atoms with Gasteiger partial charge in [0.2, 0.25) is 10.0 Å². The first kappa shape index (κ1) is 19.4. The van der Waals surface area contributed by atoms with Crippen LogP contribution in [-0.4, -0.2) is 62.2 Å². The van der Waals surface area contributed by atoms with Crippen LogP contribution in [0.1, 0.15) is 15.9 Å². The van der Waals surface area contributed by atoms with Crippen molar-refractivity contribution in [2.45, 2.75) is 11.8 Å². The number of fused-ring (bicyclic) bond motifs is 1. The van der Waals surface area contributed by atoms with Gasteiger partial charge in [0.15, 0.2) is 6.61 Å². The summed E-state index contributed by atoms with van der Waals surface area (Å²) in [5.74, 6) is -0.0323. The maximum Gasteiger partial charge on any atom is 0.262 e. The minimum atomic E-state index is -3.75. The first-order chi connectivity index (χ1) is 13.9. The highest BCUT2D eigenvalue weighted by Gasteiger charge is 2.32. The average molecular weight is 415 g/mol. The highest BCUT2D eigenvalue weighted by molar-refractivity contribution is 7.89. The minimum absolute atomic E-state index is 0.100. The van der Waals surface area contributed by atoms with E-state index in [0.717, 1.165) is 0 Å². The quantitative estimate of drug-likeness (QED) is 0.819. The molecule has 1 fully saturated rings. The summed E-state index contributed by atoms with van der Waals surface area (Å²) in [7, 11) is -3.75. The molecule has 2 amide bonds. The van der Waals surface area contributed by atoms with Gasteiger partial charge in [-0.3, -0.25) is 9.59 Å². The van der Waals surface area contributed by atoms with Crippen LogP contribution in [0.25, 0.3) is 0 Å². The van der Waals surface area contributed by atoms with E-state index in [9.17, 15) is 18.0 Å². The molecule has 0 radical (unpaired) electrons. The van der Waals surface area contributed by atoms with Gasteiger partial charge in [-0.1, -0.05) is 18.2 Å². The van der Waals surface area contributed by atoms with E-state index in [1.165, 1.54) is 10.4 Å². The Labute approximate surface area is 169 Å². The summed E-state index contributed by atoms with van der Waals surface area (Å²) in [4.78, 5) is 25.8. The molecule has 1 N–H and O–H groups in total. The largest absolute Gasteiger partial charge is 0.482 e. The molecule has 29 heavy (non-hydrogen) atoms. The fourth-order valence-electron chi connectivity index (χ4n) is 3.53. The van der Waals surface area contributed by atoms with E-state index in [2.05, 4.69) is 5.32 Å². The van der Waals surface area contributed by atoms with Gasteiger partial charge < -0.3 is 15.0 Å². The Bertz CT molecular complexity index is 1060. The van der Waals surface area contributed by atoms with Gasteiger partial charge in [0.25, 0.3) is 11.8 Å². The lowest BCUT2D eigenvalue weighted by Gasteiger charge is -2.34. The zero-order valence-corrected chi connectivity index (χ0v) is 16.7. The molecule has 2 aliphatic rings. The summed E-state index contributed by atoms with van der Waals surface area (Å²) in [5, 5.41) is 2.68. The molecule has 0 bridgehead atoms. The van der Waals surface area contributed by atoms with Crippen LogP contribution in [-0.2, 0) is 14.8 Å². The van der Waals surface area contributed by atoms with Gasteiger partial charge in [-0.2, -0.15) is 4.31 Å². The molecule has 0 saturated carbocycles. The molecular weight excluding hydrogens is 394 g/mol. The second-order valence-corrected chi connectivity index (χ2v) is 8.92. The number of nitrogens with one attached hydrogen (secondary N) is 1. The van der Waals surface area contributed by atoms with Gasteiger partial charge in [0, 0.05) is 37.8 Å². The Balaban J connectivity index is 1.51. The van der Waals surface area contributed by atoms with Crippen LogP contribution >= 0.6 is 0 Å². The number of hydrogen-bond donors (Lipinski definition) is 1. The zero-order valence-electron chi connectivity index (χ0n) is 15.9. The van der Waals surface area contributed by atoms with Gasteiger partial charge in [0.05, 0.1) is 10.6 Å². The third-order valence-corrected chi connectivity index (χ3v) is 7.12. The Morgan fingerprint density at radius 2 is 1.76 bits per heavy atom. The van der Waals surface area contributed by atoms with Crippen LogP contribution in [0.4, 0.5) is 5.69 Å². The molecule has 0 unspecified atom stereocenters. The first-order valence-corrected chi connectivity index (χ1v) is 10.7. The molecule has 0 aromatic heterocycles. The van der Waals surface area contributed by atoms with E-state index in [1.54, 1.807) is 42.2 Å². The monoisotopic (exact) mass is 415 g/mol. The van der Waals surface area contributed by atoms with Crippen LogP contribution < -0.4 is 10.1 Å². The molecular formula is C20H21N3O5S. The van der Waals surface area contributed by atoms with Crippen molar-refractivity contribution in [1.29, 1.82) is 0 Å². The number of benzene rings is 2. The van der Waals surface area contributed by atoms with E-state index in [-0.39, 0.29) is 36.4 Å². The number of rotatable bonds is 3. The molecule has 0 atom stereocenters. The predicted octanol–water partition coefficient (Wildman–Crippen LogP) is 1.47. The Morgan fingerprint density at radius 3 is 2.45 bits per heavy atom. The van der Waals surface area contributed by atoms with Crippen LogP contribution in [0.15, 0.2) is 47.4 Å². The molecule has 0 aliphatic carbocycles. The highest BCUT2D eigenvalue weighted by atomic mass is 32.2. The van der Waals surface area contributed by atoms with Crippen molar-refractivity contribution >= 4 is 27.5 Å². The molecule has 1 saturated heterocycles. The van der Waals surface area contributed by atoms with Gasteiger partial charge in [-0.25, -0.2) is 8.42 Å². The van der Waals surface area contributed by atoms with Crippen LogP contribution in [0.2, 0.25) is 0 Å². The topological polar surface area (TPSA) is 96.0 Å². The summed E-state index contributed by atoms with van der Waals surface area (Å²) in [6.07, 6.45) is 0. The van der Waals surface area contributed by atoms with E-state index >= 15 is 0 Å². The first-order valence-electron chi connectivity index (χ1n) is 9.28. The Morgan fingerprint density at radius 1 is 1.07 bits per heavy atom. The predicted molar refractivity (Wildman–Crippen MR) is 106 cm³/mol. The van der Waals surface area contributed by atoms with E-state index in [4.69, 9.17) is 4.74 Å². The van der Waals surface area contributed by atoms with Gasteiger partial charge in [0.1, 0.15) is 5.75 Å². The summed E-state index contributed by atoms with van der Waals surface area (Å²) in [6, 6.07) is 12.0. The molecule has 2 aliphatic heterocycles. The summed E-state index contributed by atoms with van der Waals surface area (Å²) < 4.78 is 33.1. The molecule has 4 rings (SSSR count). The number of carbonyl (C=O) groups is 2. The van der Waals surface area contributed by atoms with Crippen molar-refractivity contribution in [1.82, 2.24) is 9.21 Å². The molecule has 8 nitrogen and oxygen atoms in total. The lowest BCUT2D eigenvalue weighted by atomic mass is 10.2. The summed E-state index contributed by atoms with van der Waals surface area (Å²) in [6.45, 7) is 2.62. The maximum absolute atomic E-state index is 13.2. The standard InChI is InChI=1S/C20H21N3O5S/c1-14-11-16-17(28-13-19(24)21-16)12-18(14)29(26,27)23-9-7-22(8-10-23)20(25)15-5-3-2-4-6-15/h2-6,11-12H,7-10,13H2,1H3,(H,21,24). The van der Waals surface area contributed by atoms with Crippen LogP contribution in [0.5, 0.6) is 5.75 Å². The third kappa shape index (κ3) is 3.70. The van der Waals surface area contributed by atoms with Gasteiger partial charge in [-0.05, 0) is 30.7 Å². The molecule has 2 aromatic carbocycles. The summed E-state index contributed by atoms with van der Waals surface area (Å²) in [5.41, 5.74) is 1.59. The number of nitrogens with zero attached hydrogens (tertiary/aromatic N) is 2. The zero-order chi connectivity index (χ0) is 20.6. The fraction of sp³-hybridized carbons (Fsp3) is 0.300. The molecule has 2 aromatic rings. The second-order valence-electron chi connectivity index (χ2n) is 7.01. The fourth-order valence-corrected chi connectivity index (χ4v) is 5.17. The Kier molecular flexibility index (Phi) is 5.01. The van der Waals surface area contributed by atoms with Crippen LogP contribution in [0.3, 0.4) is 0 Å². The molecule has 152 valence electrons. The molecule has 0 spiro atoms. The lowest BCUT2D eigenvalue weighted by molar-refractivity contribution is -0.118. The van der Waals surface area contributed by atoms with Crippen molar-refractivity contribution in [3.8, 4) is 5.75 Å². The highest BCUT2D eigenvalue weighted by Crippen LogP contribution is 2.34. The maximum atomic E-state index is 13.2.